The summed E-state index contributed by atoms with van der Waals surface area (Å²) in [7, 11) is 0. The van der Waals surface area contributed by atoms with Crippen LogP contribution in [0.5, 0.6) is 0 Å². The molecule has 0 N–H and O–H groups in total. The van der Waals surface area contributed by atoms with Gasteiger partial charge in [0.05, 0.1) is 0 Å². The number of carbonyl (C=O) groups excluding carboxylic acids is 1. The normalized spacial score (nSPS) is 33.9. The Morgan fingerprint density at radius 3 is 2.72 bits per heavy atom. The van der Waals surface area contributed by atoms with E-state index in [-0.39, 0.29) is 0 Å². The van der Waals surface area contributed by atoms with Crippen molar-refractivity contribution in [2.24, 2.45) is 11.8 Å². The second kappa shape index (κ2) is 3.84. The summed E-state index contributed by atoms with van der Waals surface area (Å²) < 4.78 is 0. The predicted molar refractivity (Wildman–Crippen MR) is 69.9 cm³/mol. The van der Waals surface area contributed by atoms with Crippen LogP contribution < -0.4 is 0 Å². The van der Waals surface area contributed by atoms with Gasteiger partial charge in [-0.05, 0) is 36.3 Å². The van der Waals surface area contributed by atoms with E-state index in [1.807, 2.05) is 0 Å². The lowest BCUT2D eigenvalue weighted by Gasteiger charge is -2.34. The Balaban J connectivity index is 1.71. The number of rotatable bonds is 0. The highest BCUT2D eigenvalue weighted by Crippen LogP contribution is 2.45. The Hall–Kier alpha value is -1.31. The first kappa shape index (κ1) is 10.6. The molecule has 0 radical (unpaired) electrons. The third-order valence-electron chi connectivity index (χ3n) is 5.20. The summed E-state index contributed by atoms with van der Waals surface area (Å²) >= 11 is 0. The van der Waals surface area contributed by atoms with E-state index in [0.29, 0.717) is 23.8 Å². The Morgan fingerprint density at radius 1 is 1.06 bits per heavy atom. The Bertz CT molecular complexity index is 496. The van der Waals surface area contributed by atoms with Gasteiger partial charge < -0.3 is 4.90 Å². The predicted octanol–water partition coefficient (Wildman–Crippen LogP) is 2.76. The molecule has 1 aromatic rings. The molecule has 0 unspecified atom stereocenters. The zero-order valence-corrected chi connectivity index (χ0v) is 10.6. The molecular weight excluding hydrogens is 222 g/mol. The fraction of sp³-hybridized carbons (Fsp3) is 0.562. The zero-order valence-electron chi connectivity index (χ0n) is 10.6. The molecule has 4 rings (SSSR count). The van der Waals surface area contributed by atoms with Crippen LogP contribution in [-0.2, 0) is 17.8 Å². The van der Waals surface area contributed by atoms with Crippen LogP contribution in [0.4, 0.5) is 0 Å². The van der Waals surface area contributed by atoms with Gasteiger partial charge in [-0.25, -0.2) is 0 Å². The molecule has 2 fully saturated rings. The van der Waals surface area contributed by atoms with Crippen molar-refractivity contribution in [2.45, 2.75) is 44.7 Å². The molecule has 2 heterocycles. The molecule has 2 aliphatic heterocycles. The van der Waals surface area contributed by atoms with Crippen LogP contribution in [0.2, 0.25) is 0 Å². The summed E-state index contributed by atoms with van der Waals surface area (Å²) in [5.74, 6) is 1.43. The minimum atomic E-state index is 0.345. The lowest BCUT2D eigenvalue weighted by atomic mass is 9.76. The molecule has 1 amide bonds. The van der Waals surface area contributed by atoms with Gasteiger partial charge in [-0.1, -0.05) is 37.1 Å². The number of hydrogen-bond acceptors (Lipinski definition) is 1. The highest BCUT2D eigenvalue weighted by molar-refractivity contribution is 5.82. The van der Waals surface area contributed by atoms with Crippen molar-refractivity contribution < 1.29 is 4.79 Å². The number of amides is 1. The number of fused-ring (bicyclic) bond motifs is 4. The maximum Gasteiger partial charge on any atom is 0.226 e. The van der Waals surface area contributed by atoms with E-state index in [9.17, 15) is 4.79 Å². The van der Waals surface area contributed by atoms with Crippen LogP contribution in [0.25, 0.3) is 0 Å². The topological polar surface area (TPSA) is 20.3 Å². The quantitative estimate of drug-likeness (QED) is 0.684. The van der Waals surface area contributed by atoms with Gasteiger partial charge in [0.25, 0.3) is 0 Å². The lowest BCUT2D eigenvalue weighted by Crippen LogP contribution is -2.40. The lowest BCUT2D eigenvalue weighted by molar-refractivity contribution is -0.133. The summed E-state index contributed by atoms with van der Waals surface area (Å²) in [6, 6.07) is 9.14. The van der Waals surface area contributed by atoms with Crippen molar-refractivity contribution in [3.63, 3.8) is 0 Å². The minimum Gasteiger partial charge on any atom is -0.334 e. The molecule has 2 nitrogen and oxygen atoms in total. The highest BCUT2D eigenvalue weighted by atomic mass is 16.2. The summed E-state index contributed by atoms with van der Waals surface area (Å²) in [4.78, 5) is 14.7. The van der Waals surface area contributed by atoms with E-state index in [2.05, 4.69) is 29.2 Å². The second-order valence-corrected chi connectivity index (χ2v) is 6.06. The largest absolute Gasteiger partial charge is 0.334 e. The first-order valence-electron chi connectivity index (χ1n) is 7.22. The van der Waals surface area contributed by atoms with Crippen molar-refractivity contribution in [1.82, 2.24) is 4.90 Å². The Kier molecular flexibility index (Phi) is 2.26. The molecule has 0 aromatic heterocycles. The van der Waals surface area contributed by atoms with E-state index in [0.717, 1.165) is 19.4 Å². The standard InChI is InChI=1S/C16H19NO/c18-16-14-8-4-3-7-13(14)15-9-11-5-1-2-6-12(11)10-17(15)16/h1-2,5-6,13-15H,3-4,7-10H2/t13-,14+,15+/m0/s1. The Morgan fingerprint density at radius 2 is 1.83 bits per heavy atom. The molecule has 0 bridgehead atoms. The third-order valence-corrected chi connectivity index (χ3v) is 5.20. The molecule has 2 heteroatoms. The van der Waals surface area contributed by atoms with Crippen LogP contribution >= 0.6 is 0 Å². The maximum atomic E-state index is 12.5. The monoisotopic (exact) mass is 241 g/mol. The fourth-order valence-electron chi connectivity index (χ4n) is 4.31. The summed E-state index contributed by atoms with van der Waals surface area (Å²) in [6.07, 6.45) is 6.05. The first-order chi connectivity index (χ1) is 8.84. The van der Waals surface area contributed by atoms with E-state index < -0.39 is 0 Å². The van der Waals surface area contributed by atoms with Crippen LogP contribution in [-0.4, -0.2) is 16.8 Å². The molecular formula is C16H19NO. The number of hydrogen-bond donors (Lipinski definition) is 0. The smallest absolute Gasteiger partial charge is 0.226 e. The van der Waals surface area contributed by atoms with Crippen molar-refractivity contribution in [2.75, 3.05) is 0 Å². The van der Waals surface area contributed by atoms with Crippen molar-refractivity contribution in [3.8, 4) is 0 Å². The van der Waals surface area contributed by atoms with Crippen molar-refractivity contribution in [1.29, 1.82) is 0 Å². The molecule has 0 spiro atoms. The second-order valence-electron chi connectivity index (χ2n) is 6.06. The fourth-order valence-corrected chi connectivity index (χ4v) is 4.31. The molecule has 1 aromatic carbocycles. The van der Waals surface area contributed by atoms with Gasteiger partial charge in [-0.3, -0.25) is 4.79 Å². The van der Waals surface area contributed by atoms with E-state index in [1.54, 1.807) is 0 Å². The Labute approximate surface area is 108 Å². The van der Waals surface area contributed by atoms with Crippen molar-refractivity contribution >= 4 is 5.91 Å². The van der Waals surface area contributed by atoms with Crippen LogP contribution in [0, 0.1) is 11.8 Å². The van der Waals surface area contributed by atoms with Crippen LogP contribution in [0.1, 0.15) is 36.8 Å². The van der Waals surface area contributed by atoms with Crippen LogP contribution in [0.15, 0.2) is 24.3 Å². The van der Waals surface area contributed by atoms with Crippen LogP contribution in [0.3, 0.4) is 0 Å². The number of benzene rings is 1. The van der Waals surface area contributed by atoms with Gasteiger partial charge in [-0.2, -0.15) is 0 Å². The maximum absolute atomic E-state index is 12.5. The van der Waals surface area contributed by atoms with E-state index in [1.165, 1.54) is 30.4 Å². The van der Waals surface area contributed by atoms with Gasteiger partial charge in [0.2, 0.25) is 5.91 Å². The molecule has 1 saturated heterocycles. The summed E-state index contributed by atoms with van der Waals surface area (Å²) in [5, 5.41) is 0. The SMILES string of the molecule is O=C1[C@@H]2CCCC[C@@H]2[C@H]2Cc3ccccc3CN12. The van der Waals surface area contributed by atoms with Crippen molar-refractivity contribution in [3.05, 3.63) is 35.4 Å². The van der Waals surface area contributed by atoms with Gasteiger partial charge in [0.15, 0.2) is 0 Å². The van der Waals surface area contributed by atoms with Gasteiger partial charge in [-0.15, -0.1) is 0 Å². The summed E-state index contributed by atoms with van der Waals surface area (Å²) in [6.45, 7) is 0.854. The molecule has 3 aliphatic rings. The third kappa shape index (κ3) is 1.38. The molecule has 1 aliphatic carbocycles. The number of nitrogens with zero attached hydrogens (tertiary/aromatic N) is 1. The number of carbonyl (C=O) groups is 1. The summed E-state index contributed by atoms with van der Waals surface area (Å²) in [5.41, 5.74) is 2.83. The zero-order chi connectivity index (χ0) is 12.1. The van der Waals surface area contributed by atoms with E-state index >= 15 is 0 Å². The minimum absolute atomic E-state index is 0.345. The molecule has 94 valence electrons. The van der Waals surface area contributed by atoms with E-state index in [4.69, 9.17) is 0 Å². The molecule has 18 heavy (non-hydrogen) atoms. The van der Waals surface area contributed by atoms with Gasteiger partial charge in [0, 0.05) is 18.5 Å². The van der Waals surface area contributed by atoms with Gasteiger partial charge >= 0.3 is 0 Å². The molecule has 3 atom stereocenters. The van der Waals surface area contributed by atoms with Gasteiger partial charge in [0.1, 0.15) is 0 Å². The average Bonchev–Trinajstić information content (AvgIpc) is 2.71. The average molecular weight is 241 g/mol. The molecule has 1 saturated carbocycles. The first-order valence-corrected chi connectivity index (χ1v) is 7.22. The highest BCUT2D eigenvalue weighted by Gasteiger charge is 2.49.